The van der Waals surface area contributed by atoms with Crippen molar-refractivity contribution in [3.63, 3.8) is 0 Å². The van der Waals surface area contributed by atoms with Crippen molar-refractivity contribution in [3.8, 4) is 6.07 Å². The lowest BCUT2D eigenvalue weighted by atomic mass is 10.2. The van der Waals surface area contributed by atoms with Crippen molar-refractivity contribution in [2.24, 2.45) is 0 Å². The number of rotatable bonds is 4. The molecule has 0 fully saturated rings. The fourth-order valence-corrected chi connectivity index (χ4v) is 3.25. The van der Waals surface area contributed by atoms with Crippen LogP contribution < -0.4 is 5.32 Å². The number of nitriles is 1. The van der Waals surface area contributed by atoms with Crippen LogP contribution in [0.5, 0.6) is 0 Å². The summed E-state index contributed by atoms with van der Waals surface area (Å²) in [6.07, 6.45) is 0. The smallest absolute Gasteiger partial charge is 0.234 e. The van der Waals surface area contributed by atoms with Gasteiger partial charge in [-0.15, -0.1) is 11.3 Å². The number of benzene rings is 1. The number of thioether (sulfide) groups is 1. The molecule has 2 rings (SSSR count). The molecule has 1 amide bonds. The van der Waals surface area contributed by atoms with Gasteiger partial charge in [0, 0.05) is 16.1 Å². The standard InChI is InChI=1S/C13H10ClN3OS2/c1-8-6-19-13(16-8)20-7-12(18)17-11-4-10(14)3-2-9(11)5-15/h2-4,6H,7H2,1H3,(H,17,18). The lowest BCUT2D eigenvalue weighted by Crippen LogP contribution is -2.14. The Balaban J connectivity index is 1.98. The van der Waals surface area contributed by atoms with Gasteiger partial charge in [0.1, 0.15) is 6.07 Å². The molecular formula is C13H10ClN3OS2. The van der Waals surface area contributed by atoms with Crippen molar-refractivity contribution in [2.75, 3.05) is 11.1 Å². The maximum atomic E-state index is 11.9. The quantitative estimate of drug-likeness (QED) is 0.871. The molecule has 7 heteroatoms. The molecule has 1 aromatic heterocycles. The summed E-state index contributed by atoms with van der Waals surface area (Å²) in [5.41, 5.74) is 1.76. The number of aryl methyl sites for hydroxylation is 1. The van der Waals surface area contributed by atoms with Crippen LogP contribution in [0.1, 0.15) is 11.3 Å². The summed E-state index contributed by atoms with van der Waals surface area (Å²) in [6, 6.07) is 6.77. The van der Waals surface area contributed by atoms with Gasteiger partial charge in [0.15, 0.2) is 4.34 Å². The zero-order valence-electron chi connectivity index (χ0n) is 10.5. The van der Waals surface area contributed by atoms with Crippen LogP contribution in [0.2, 0.25) is 5.02 Å². The summed E-state index contributed by atoms with van der Waals surface area (Å²) >= 11 is 8.73. The first-order valence-corrected chi connectivity index (χ1v) is 7.87. The van der Waals surface area contributed by atoms with Gasteiger partial charge in [0.25, 0.3) is 0 Å². The Morgan fingerprint density at radius 3 is 3.05 bits per heavy atom. The number of anilines is 1. The summed E-state index contributed by atoms with van der Waals surface area (Å²) < 4.78 is 0.851. The molecule has 0 aliphatic carbocycles. The lowest BCUT2D eigenvalue weighted by Gasteiger charge is -2.06. The Kier molecular flexibility index (Phi) is 5.01. The van der Waals surface area contributed by atoms with Crippen LogP contribution >= 0.6 is 34.7 Å². The van der Waals surface area contributed by atoms with Gasteiger partial charge in [-0.2, -0.15) is 5.26 Å². The molecule has 20 heavy (non-hydrogen) atoms. The van der Waals surface area contributed by atoms with E-state index in [4.69, 9.17) is 16.9 Å². The molecule has 0 saturated heterocycles. The first kappa shape index (κ1) is 14.9. The highest BCUT2D eigenvalue weighted by Gasteiger charge is 2.09. The monoisotopic (exact) mass is 323 g/mol. The highest BCUT2D eigenvalue weighted by Crippen LogP contribution is 2.24. The van der Waals surface area contributed by atoms with Crippen molar-refractivity contribution in [1.29, 1.82) is 5.26 Å². The number of hydrogen-bond donors (Lipinski definition) is 1. The first-order valence-electron chi connectivity index (χ1n) is 5.63. The minimum absolute atomic E-state index is 0.193. The van der Waals surface area contributed by atoms with E-state index in [2.05, 4.69) is 10.3 Å². The summed E-state index contributed by atoms with van der Waals surface area (Å²) in [6.45, 7) is 1.91. The van der Waals surface area contributed by atoms with E-state index in [-0.39, 0.29) is 11.7 Å². The van der Waals surface area contributed by atoms with Gasteiger partial charge in [-0.05, 0) is 25.1 Å². The van der Waals surface area contributed by atoms with Gasteiger partial charge in [-0.3, -0.25) is 4.79 Å². The Labute approximate surface area is 129 Å². The van der Waals surface area contributed by atoms with Crippen molar-refractivity contribution in [2.45, 2.75) is 11.3 Å². The van der Waals surface area contributed by atoms with E-state index >= 15 is 0 Å². The van der Waals surface area contributed by atoms with E-state index in [1.165, 1.54) is 23.1 Å². The molecule has 0 saturated carbocycles. The van der Waals surface area contributed by atoms with Crippen molar-refractivity contribution < 1.29 is 4.79 Å². The van der Waals surface area contributed by atoms with Crippen LogP contribution in [-0.4, -0.2) is 16.6 Å². The molecule has 0 spiro atoms. The second kappa shape index (κ2) is 6.75. The third-order valence-corrected chi connectivity index (χ3v) is 4.67. The average molecular weight is 324 g/mol. The SMILES string of the molecule is Cc1csc(SCC(=O)Nc2cc(Cl)ccc2C#N)n1. The summed E-state index contributed by atoms with van der Waals surface area (Å²) in [7, 11) is 0. The van der Waals surface area contributed by atoms with Crippen LogP contribution in [0.4, 0.5) is 5.69 Å². The van der Waals surface area contributed by atoms with E-state index in [0.29, 0.717) is 16.3 Å². The molecule has 0 unspecified atom stereocenters. The molecule has 2 aromatic rings. The van der Waals surface area contributed by atoms with Crippen LogP contribution in [-0.2, 0) is 4.79 Å². The Hall–Kier alpha value is -1.55. The molecule has 0 atom stereocenters. The van der Waals surface area contributed by atoms with Crippen LogP contribution in [0.25, 0.3) is 0 Å². The van der Waals surface area contributed by atoms with Crippen LogP contribution in [0.15, 0.2) is 27.9 Å². The van der Waals surface area contributed by atoms with Crippen molar-refractivity contribution in [3.05, 3.63) is 39.9 Å². The zero-order valence-corrected chi connectivity index (χ0v) is 12.9. The topological polar surface area (TPSA) is 65.8 Å². The third-order valence-electron chi connectivity index (χ3n) is 2.30. The van der Waals surface area contributed by atoms with Crippen LogP contribution in [0, 0.1) is 18.3 Å². The molecule has 0 aliphatic heterocycles. The van der Waals surface area contributed by atoms with E-state index in [0.717, 1.165) is 10.0 Å². The zero-order chi connectivity index (χ0) is 14.5. The molecule has 1 heterocycles. The third kappa shape index (κ3) is 3.97. The van der Waals surface area contributed by atoms with E-state index in [1.54, 1.807) is 18.2 Å². The Morgan fingerprint density at radius 1 is 1.60 bits per heavy atom. The maximum Gasteiger partial charge on any atom is 0.234 e. The highest BCUT2D eigenvalue weighted by atomic mass is 35.5. The van der Waals surface area contributed by atoms with Crippen molar-refractivity contribution >= 4 is 46.3 Å². The van der Waals surface area contributed by atoms with Crippen LogP contribution in [0.3, 0.4) is 0 Å². The second-order valence-electron chi connectivity index (χ2n) is 3.89. The first-order chi connectivity index (χ1) is 9.58. The van der Waals surface area contributed by atoms with Gasteiger partial charge in [0.2, 0.25) is 5.91 Å². The lowest BCUT2D eigenvalue weighted by molar-refractivity contribution is -0.113. The molecular weight excluding hydrogens is 314 g/mol. The fourth-order valence-electron chi connectivity index (χ4n) is 1.43. The average Bonchev–Trinajstić information content (AvgIpc) is 2.83. The number of halogens is 1. The molecule has 1 N–H and O–H groups in total. The van der Waals surface area contributed by atoms with Gasteiger partial charge in [-0.25, -0.2) is 4.98 Å². The van der Waals surface area contributed by atoms with Gasteiger partial charge < -0.3 is 5.32 Å². The number of thiazole rings is 1. The van der Waals surface area contributed by atoms with E-state index in [1.807, 2.05) is 18.4 Å². The molecule has 1 aromatic carbocycles. The fraction of sp³-hybridized carbons (Fsp3) is 0.154. The minimum atomic E-state index is -0.193. The second-order valence-corrected chi connectivity index (χ2v) is 6.41. The Bertz CT molecular complexity index is 678. The highest BCUT2D eigenvalue weighted by molar-refractivity contribution is 8.01. The molecule has 0 radical (unpaired) electrons. The number of hydrogen-bond acceptors (Lipinski definition) is 5. The summed E-state index contributed by atoms with van der Waals surface area (Å²) in [5, 5.41) is 14.1. The predicted octanol–water partition coefficient (Wildman–Crippen LogP) is 3.71. The maximum absolute atomic E-state index is 11.9. The van der Waals surface area contributed by atoms with E-state index in [9.17, 15) is 4.79 Å². The molecule has 0 bridgehead atoms. The van der Waals surface area contributed by atoms with Crippen molar-refractivity contribution in [1.82, 2.24) is 4.98 Å². The van der Waals surface area contributed by atoms with E-state index < -0.39 is 0 Å². The predicted molar refractivity (Wildman–Crippen MR) is 82.4 cm³/mol. The summed E-state index contributed by atoms with van der Waals surface area (Å²) in [4.78, 5) is 16.1. The number of amides is 1. The number of nitrogens with one attached hydrogen (secondary N) is 1. The number of nitrogens with zero attached hydrogens (tertiary/aromatic N) is 2. The molecule has 102 valence electrons. The molecule has 0 aliphatic rings. The largest absolute Gasteiger partial charge is 0.324 e. The van der Waals surface area contributed by atoms with Gasteiger partial charge in [-0.1, -0.05) is 23.4 Å². The molecule has 4 nitrogen and oxygen atoms in total. The summed E-state index contributed by atoms with van der Waals surface area (Å²) in [5.74, 6) is 0.0475. The van der Waals surface area contributed by atoms with Gasteiger partial charge in [0.05, 0.1) is 17.0 Å². The number of aromatic nitrogens is 1. The Morgan fingerprint density at radius 2 is 2.40 bits per heavy atom. The number of carbonyl (C=O) groups is 1. The normalized spacial score (nSPS) is 10.1. The van der Waals surface area contributed by atoms with Gasteiger partial charge >= 0.3 is 0 Å². The minimum Gasteiger partial charge on any atom is -0.324 e. The number of carbonyl (C=O) groups excluding carboxylic acids is 1.